The van der Waals surface area contributed by atoms with Gasteiger partial charge in [-0.1, -0.05) is 6.92 Å². The lowest BCUT2D eigenvalue weighted by atomic mass is 9.91. The van der Waals surface area contributed by atoms with Crippen molar-refractivity contribution in [3.63, 3.8) is 0 Å². The number of piperazine rings is 1. The van der Waals surface area contributed by atoms with Crippen molar-refractivity contribution >= 4 is 9.84 Å². The van der Waals surface area contributed by atoms with E-state index in [4.69, 9.17) is 0 Å². The standard InChI is InChI=1S/C14H28N2O2S/c1-4-19(17,18)9-5-8-16-11-14(3,13-6-7-13)15-10-12(16)2/h12-13,15H,4-11H2,1-3H3. The van der Waals surface area contributed by atoms with E-state index in [0.29, 0.717) is 11.8 Å². The van der Waals surface area contributed by atoms with E-state index >= 15 is 0 Å². The van der Waals surface area contributed by atoms with Crippen LogP contribution in [0.25, 0.3) is 0 Å². The maximum Gasteiger partial charge on any atom is 0.150 e. The van der Waals surface area contributed by atoms with Crippen LogP contribution in [0, 0.1) is 5.92 Å². The van der Waals surface area contributed by atoms with Crippen LogP contribution in [0.4, 0.5) is 0 Å². The summed E-state index contributed by atoms with van der Waals surface area (Å²) in [5, 5.41) is 3.70. The summed E-state index contributed by atoms with van der Waals surface area (Å²) >= 11 is 0. The van der Waals surface area contributed by atoms with E-state index in [-0.39, 0.29) is 11.3 Å². The summed E-state index contributed by atoms with van der Waals surface area (Å²) < 4.78 is 23.1. The molecule has 1 heterocycles. The molecule has 0 radical (unpaired) electrons. The van der Waals surface area contributed by atoms with Crippen LogP contribution in [0.15, 0.2) is 0 Å². The van der Waals surface area contributed by atoms with Gasteiger partial charge in [0.25, 0.3) is 0 Å². The Morgan fingerprint density at radius 3 is 2.63 bits per heavy atom. The molecule has 2 unspecified atom stereocenters. The average Bonchev–Trinajstić information content (AvgIpc) is 3.18. The van der Waals surface area contributed by atoms with Crippen molar-refractivity contribution in [2.45, 2.75) is 51.6 Å². The minimum atomic E-state index is -2.81. The summed E-state index contributed by atoms with van der Waals surface area (Å²) in [6, 6.07) is 0.510. The highest BCUT2D eigenvalue weighted by atomic mass is 32.2. The van der Waals surface area contributed by atoms with E-state index in [0.717, 1.165) is 32.0 Å². The van der Waals surface area contributed by atoms with Crippen molar-refractivity contribution in [1.82, 2.24) is 10.2 Å². The molecule has 2 aliphatic rings. The molecule has 112 valence electrons. The van der Waals surface area contributed by atoms with Gasteiger partial charge in [0, 0.05) is 30.4 Å². The summed E-state index contributed by atoms with van der Waals surface area (Å²) in [7, 11) is -2.81. The van der Waals surface area contributed by atoms with Crippen molar-refractivity contribution in [3.8, 4) is 0 Å². The second-order valence-electron chi connectivity index (χ2n) is 6.48. The van der Waals surface area contributed by atoms with Crippen LogP contribution in [0.5, 0.6) is 0 Å². The summed E-state index contributed by atoms with van der Waals surface area (Å²) in [6.07, 6.45) is 3.45. The molecule has 2 rings (SSSR count). The number of rotatable bonds is 6. The quantitative estimate of drug-likeness (QED) is 0.800. The molecule has 1 saturated heterocycles. The van der Waals surface area contributed by atoms with Gasteiger partial charge in [0.2, 0.25) is 0 Å². The van der Waals surface area contributed by atoms with Gasteiger partial charge >= 0.3 is 0 Å². The number of sulfone groups is 1. The van der Waals surface area contributed by atoms with Crippen molar-refractivity contribution in [2.24, 2.45) is 5.92 Å². The third-order valence-corrected chi connectivity index (χ3v) is 6.57. The zero-order valence-electron chi connectivity index (χ0n) is 12.5. The van der Waals surface area contributed by atoms with Gasteiger partial charge in [0.15, 0.2) is 0 Å². The van der Waals surface area contributed by atoms with Crippen molar-refractivity contribution in [1.29, 1.82) is 0 Å². The number of nitrogens with zero attached hydrogens (tertiary/aromatic N) is 1. The Morgan fingerprint density at radius 2 is 2.05 bits per heavy atom. The lowest BCUT2D eigenvalue weighted by Crippen LogP contribution is -2.63. The fourth-order valence-corrected chi connectivity index (χ4v) is 3.93. The average molecular weight is 288 g/mol. The Labute approximate surface area is 117 Å². The van der Waals surface area contributed by atoms with Crippen LogP contribution in [0.2, 0.25) is 0 Å². The highest BCUT2D eigenvalue weighted by molar-refractivity contribution is 7.91. The maximum absolute atomic E-state index is 11.5. The van der Waals surface area contributed by atoms with E-state index in [2.05, 4.69) is 24.1 Å². The predicted octanol–water partition coefficient (Wildman–Crippen LogP) is 1.27. The Bertz CT molecular complexity index is 406. The van der Waals surface area contributed by atoms with Crippen LogP contribution < -0.4 is 5.32 Å². The van der Waals surface area contributed by atoms with Crippen molar-refractivity contribution < 1.29 is 8.42 Å². The molecule has 1 saturated carbocycles. The molecular weight excluding hydrogens is 260 g/mol. The minimum absolute atomic E-state index is 0.246. The fraction of sp³-hybridized carbons (Fsp3) is 1.00. The SMILES string of the molecule is CCS(=O)(=O)CCCN1CC(C)(C2CC2)NCC1C. The molecular formula is C14H28N2O2S. The first-order valence-electron chi connectivity index (χ1n) is 7.56. The van der Waals surface area contributed by atoms with Crippen LogP contribution in [0.1, 0.15) is 40.0 Å². The minimum Gasteiger partial charge on any atom is -0.308 e. The van der Waals surface area contributed by atoms with Crippen LogP contribution in [-0.4, -0.2) is 56.0 Å². The largest absolute Gasteiger partial charge is 0.308 e. The van der Waals surface area contributed by atoms with Crippen LogP contribution >= 0.6 is 0 Å². The van der Waals surface area contributed by atoms with E-state index in [9.17, 15) is 8.42 Å². The molecule has 1 aliphatic heterocycles. The van der Waals surface area contributed by atoms with Crippen LogP contribution in [-0.2, 0) is 9.84 Å². The van der Waals surface area contributed by atoms with E-state index in [1.54, 1.807) is 6.92 Å². The van der Waals surface area contributed by atoms with Crippen molar-refractivity contribution in [2.75, 3.05) is 31.1 Å². The molecule has 2 atom stereocenters. The van der Waals surface area contributed by atoms with Crippen molar-refractivity contribution in [3.05, 3.63) is 0 Å². The first-order valence-corrected chi connectivity index (χ1v) is 9.38. The predicted molar refractivity (Wildman–Crippen MR) is 79.1 cm³/mol. The van der Waals surface area contributed by atoms with Gasteiger partial charge in [-0.15, -0.1) is 0 Å². The molecule has 0 spiro atoms. The molecule has 5 heteroatoms. The second-order valence-corrected chi connectivity index (χ2v) is 8.95. The van der Waals surface area contributed by atoms with Gasteiger partial charge in [-0.3, -0.25) is 4.90 Å². The van der Waals surface area contributed by atoms with Gasteiger partial charge in [-0.2, -0.15) is 0 Å². The number of nitrogens with one attached hydrogen (secondary N) is 1. The zero-order valence-corrected chi connectivity index (χ0v) is 13.3. The Balaban J connectivity index is 1.84. The van der Waals surface area contributed by atoms with Gasteiger partial charge in [0.1, 0.15) is 9.84 Å². The molecule has 4 nitrogen and oxygen atoms in total. The molecule has 0 aromatic rings. The Morgan fingerprint density at radius 1 is 1.37 bits per heavy atom. The van der Waals surface area contributed by atoms with Gasteiger partial charge in [-0.05, 0) is 45.6 Å². The zero-order chi connectivity index (χ0) is 14.1. The van der Waals surface area contributed by atoms with E-state index in [1.807, 2.05) is 0 Å². The van der Waals surface area contributed by atoms with Gasteiger partial charge < -0.3 is 5.32 Å². The van der Waals surface area contributed by atoms with Gasteiger partial charge in [-0.25, -0.2) is 8.42 Å². The number of hydrogen-bond acceptors (Lipinski definition) is 4. The lowest BCUT2D eigenvalue weighted by Gasteiger charge is -2.45. The van der Waals surface area contributed by atoms with Crippen LogP contribution in [0.3, 0.4) is 0 Å². The van der Waals surface area contributed by atoms with E-state index in [1.165, 1.54) is 12.8 Å². The monoisotopic (exact) mass is 288 g/mol. The lowest BCUT2D eigenvalue weighted by molar-refractivity contribution is 0.0837. The van der Waals surface area contributed by atoms with E-state index < -0.39 is 9.84 Å². The molecule has 19 heavy (non-hydrogen) atoms. The summed E-state index contributed by atoms with van der Waals surface area (Å²) in [6.45, 7) is 9.27. The maximum atomic E-state index is 11.5. The fourth-order valence-electron chi connectivity index (χ4n) is 3.07. The highest BCUT2D eigenvalue weighted by Gasteiger charge is 2.45. The Hall–Kier alpha value is -0.130. The molecule has 0 amide bonds. The third kappa shape index (κ3) is 3.92. The van der Waals surface area contributed by atoms with Gasteiger partial charge in [0.05, 0.1) is 5.75 Å². The molecule has 0 bridgehead atoms. The summed E-state index contributed by atoms with van der Waals surface area (Å²) in [5.74, 6) is 1.42. The second kappa shape index (κ2) is 5.70. The molecule has 1 N–H and O–H groups in total. The first kappa shape index (κ1) is 15.3. The molecule has 2 fully saturated rings. The summed E-state index contributed by atoms with van der Waals surface area (Å²) in [5.41, 5.74) is 0.246. The smallest absolute Gasteiger partial charge is 0.150 e. The topological polar surface area (TPSA) is 49.4 Å². The third-order valence-electron chi connectivity index (χ3n) is 4.78. The first-order chi connectivity index (χ1) is 8.86. The normalized spacial score (nSPS) is 33.5. The molecule has 0 aromatic carbocycles. The highest BCUT2D eigenvalue weighted by Crippen LogP contribution is 2.41. The Kier molecular flexibility index (Phi) is 4.58. The number of hydrogen-bond donors (Lipinski definition) is 1. The molecule has 1 aliphatic carbocycles. The molecule has 0 aromatic heterocycles. The summed E-state index contributed by atoms with van der Waals surface area (Å²) in [4.78, 5) is 2.47.